The molecule has 7 nitrogen and oxygen atoms in total. The highest BCUT2D eigenvalue weighted by Gasteiger charge is 2.33. The van der Waals surface area contributed by atoms with Crippen LogP contribution in [0.3, 0.4) is 0 Å². The molecule has 1 N–H and O–H groups in total. The first-order valence-electron chi connectivity index (χ1n) is 12.1. The maximum absolute atomic E-state index is 13.8. The highest BCUT2D eigenvalue weighted by atomic mass is 35.5. The molecule has 1 atom stereocenters. The highest BCUT2D eigenvalue weighted by Crippen LogP contribution is 2.34. The monoisotopic (exact) mass is 502 g/mol. The van der Waals surface area contributed by atoms with Crippen LogP contribution in [0.25, 0.3) is 0 Å². The summed E-state index contributed by atoms with van der Waals surface area (Å²) in [6, 6.07) is 12.0. The van der Waals surface area contributed by atoms with Gasteiger partial charge in [-0.25, -0.2) is 0 Å². The number of benzene rings is 2. The van der Waals surface area contributed by atoms with E-state index in [1.807, 2.05) is 31.2 Å². The average molecular weight is 503 g/mol. The fourth-order valence-corrected chi connectivity index (χ4v) is 4.65. The molecule has 0 aromatic heterocycles. The van der Waals surface area contributed by atoms with Crippen molar-refractivity contribution < 1.29 is 23.8 Å². The number of carbonyl (C=O) groups excluding carboxylic acids is 2. The van der Waals surface area contributed by atoms with Gasteiger partial charge in [-0.3, -0.25) is 9.59 Å². The topological polar surface area (TPSA) is 77.1 Å². The molecule has 0 bridgehead atoms. The quantitative estimate of drug-likeness (QED) is 0.444. The molecule has 0 spiro atoms. The minimum absolute atomic E-state index is 0.0908. The normalized spacial score (nSPS) is 14.6. The van der Waals surface area contributed by atoms with E-state index < -0.39 is 6.04 Å². The van der Waals surface area contributed by atoms with Crippen molar-refractivity contribution in [2.24, 2.45) is 0 Å². The summed E-state index contributed by atoms with van der Waals surface area (Å²) >= 11 is 6.03. The van der Waals surface area contributed by atoms with Crippen LogP contribution in [0, 0.1) is 0 Å². The van der Waals surface area contributed by atoms with Gasteiger partial charge in [-0.2, -0.15) is 0 Å². The first-order valence-corrected chi connectivity index (χ1v) is 12.6. The van der Waals surface area contributed by atoms with Gasteiger partial charge in [0.05, 0.1) is 20.8 Å². The van der Waals surface area contributed by atoms with Crippen LogP contribution >= 0.6 is 11.6 Å². The molecular formula is C27H35ClN2O5. The molecular weight excluding hydrogens is 468 g/mol. The lowest BCUT2D eigenvalue weighted by atomic mass is 9.94. The zero-order chi connectivity index (χ0) is 25.2. The zero-order valence-electron chi connectivity index (χ0n) is 20.7. The van der Waals surface area contributed by atoms with E-state index in [4.69, 9.17) is 25.8 Å². The van der Waals surface area contributed by atoms with Gasteiger partial charge in [-0.1, -0.05) is 37.5 Å². The molecule has 0 unspecified atom stereocenters. The van der Waals surface area contributed by atoms with Gasteiger partial charge in [0.1, 0.15) is 17.7 Å². The summed E-state index contributed by atoms with van der Waals surface area (Å²) in [5.74, 6) is 0.931. The Hall–Kier alpha value is -2.93. The number of alkyl halides is 1. The van der Waals surface area contributed by atoms with E-state index in [-0.39, 0.29) is 30.3 Å². The molecule has 2 amide bonds. The lowest BCUT2D eigenvalue weighted by Crippen LogP contribution is -2.47. The third-order valence-corrected chi connectivity index (χ3v) is 6.47. The predicted octanol–water partition coefficient (Wildman–Crippen LogP) is 4.86. The van der Waals surface area contributed by atoms with E-state index in [1.54, 1.807) is 32.4 Å². The predicted molar refractivity (Wildman–Crippen MR) is 136 cm³/mol. The SMILES string of the molecule is CCOc1ccc([C@@H](C(=O)NC2CCCCC2)N(Cc2cccc(OC)c2)C(=O)CCl)cc1OC. The second-order valence-electron chi connectivity index (χ2n) is 8.60. The fraction of sp³-hybridized carbons (Fsp3) is 0.481. The fourth-order valence-electron chi connectivity index (χ4n) is 4.50. The van der Waals surface area contributed by atoms with Gasteiger partial charge in [0, 0.05) is 12.6 Å². The van der Waals surface area contributed by atoms with E-state index in [0.29, 0.717) is 29.4 Å². The van der Waals surface area contributed by atoms with E-state index >= 15 is 0 Å². The van der Waals surface area contributed by atoms with Crippen LogP contribution in [0.5, 0.6) is 17.2 Å². The number of nitrogens with one attached hydrogen (secondary N) is 1. The van der Waals surface area contributed by atoms with Crippen LogP contribution in [0.15, 0.2) is 42.5 Å². The van der Waals surface area contributed by atoms with Crippen LogP contribution < -0.4 is 19.5 Å². The zero-order valence-corrected chi connectivity index (χ0v) is 21.5. The van der Waals surface area contributed by atoms with Gasteiger partial charge in [-0.05, 0) is 55.2 Å². The molecule has 1 aliphatic rings. The number of hydrogen-bond donors (Lipinski definition) is 1. The summed E-state index contributed by atoms with van der Waals surface area (Å²) in [5, 5.41) is 3.19. The molecule has 0 heterocycles. The summed E-state index contributed by atoms with van der Waals surface area (Å²) in [7, 11) is 3.14. The van der Waals surface area contributed by atoms with Gasteiger partial charge in [0.15, 0.2) is 11.5 Å². The Kier molecular flexibility index (Phi) is 10.1. The second-order valence-corrected chi connectivity index (χ2v) is 8.86. The van der Waals surface area contributed by atoms with E-state index in [9.17, 15) is 9.59 Å². The Morgan fingerprint density at radius 1 is 1.06 bits per heavy atom. The number of amides is 2. The first-order chi connectivity index (χ1) is 17.0. The summed E-state index contributed by atoms with van der Waals surface area (Å²) < 4.78 is 16.5. The lowest BCUT2D eigenvalue weighted by Gasteiger charge is -2.33. The average Bonchev–Trinajstić information content (AvgIpc) is 2.89. The van der Waals surface area contributed by atoms with Crippen molar-refractivity contribution in [1.29, 1.82) is 0 Å². The minimum atomic E-state index is -0.890. The summed E-state index contributed by atoms with van der Waals surface area (Å²) in [6.07, 6.45) is 5.22. The number of ether oxygens (including phenoxy) is 3. The standard InChI is InChI=1S/C27H35ClN2O5/c1-4-35-23-14-13-20(16-24(23)34-3)26(27(32)29-21-10-6-5-7-11-21)30(25(31)17-28)18-19-9-8-12-22(15-19)33-2/h8-9,12-16,21,26H,4-7,10-11,17-18H2,1-3H3,(H,29,32)/t26-/m0/s1. The van der Waals surface area contributed by atoms with Crippen molar-refractivity contribution in [1.82, 2.24) is 10.2 Å². The lowest BCUT2D eigenvalue weighted by molar-refractivity contribution is -0.140. The van der Waals surface area contributed by atoms with Gasteiger partial charge < -0.3 is 24.4 Å². The number of methoxy groups -OCH3 is 2. The molecule has 3 rings (SSSR count). The van der Waals surface area contributed by atoms with Gasteiger partial charge in [0.2, 0.25) is 11.8 Å². The van der Waals surface area contributed by atoms with Gasteiger partial charge >= 0.3 is 0 Å². The third-order valence-electron chi connectivity index (χ3n) is 6.24. The summed E-state index contributed by atoms with van der Waals surface area (Å²) in [5.41, 5.74) is 1.45. The third kappa shape index (κ3) is 7.04. The number of nitrogens with zero attached hydrogens (tertiary/aromatic N) is 1. The van der Waals surface area contributed by atoms with E-state index in [0.717, 1.165) is 31.2 Å². The van der Waals surface area contributed by atoms with Crippen LogP contribution in [-0.2, 0) is 16.1 Å². The Morgan fingerprint density at radius 3 is 2.49 bits per heavy atom. The van der Waals surface area contributed by atoms with Crippen molar-refractivity contribution in [2.75, 3.05) is 26.7 Å². The molecule has 1 saturated carbocycles. The Bertz CT molecular complexity index is 993. The largest absolute Gasteiger partial charge is 0.497 e. The van der Waals surface area contributed by atoms with Crippen LogP contribution in [-0.4, -0.2) is 49.5 Å². The highest BCUT2D eigenvalue weighted by molar-refractivity contribution is 6.27. The van der Waals surface area contributed by atoms with Crippen molar-refractivity contribution in [3.63, 3.8) is 0 Å². The molecule has 0 saturated heterocycles. The van der Waals surface area contributed by atoms with Crippen molar-refractivity contribution in [3.8, 4) is 17.2 Å². The molecule has 8 heteroatoms. The molecule has 1 fully saturated rings. The van der Waals surface area contributed by atoms with Crippen molar-refractivity contribution >= 4 is 23.4 Å². The van der Waals surface area contributed by atoms with Crippen LogP contribution in [0.2, 0.25) is 0 Å². The summed E-state index contributed by atoms with van der Waals surface area (Å²) in [6.45, 7) is 2.57. The Balaban J connectivity index is 2.02. The number of hydrogen-bond acceptors (Lipinski definition) is 5. The molecule has 2 aromatic carbocycles. The second kappa shape index (κ2) is 13.2. The maximum atomic E-state index is 13.8. The Labute approximate surface area is 212 Å². The van der Waals surface area contributed by atoms with Crippen molar-refractivity contribution in [3.05, 3.63) is 53.6 Å². The molecule has 190 valence electrons. The van der Waals surface area contributed by atoms with E-state index in [2.05, 4.69) is 5.32 Å². The Morgan fingerprint density at radius 2 is 1.83 bits per heavy atom. The number of rotatable bonds is 11. The molecule has 0 radical (unpaired) electrons. The van der Waals surface area contributed by atoms with Gasteiger partial charge in [-0.15, -0.1) is 11.6 Å². The molecule has 0 aliphatic heterocycles. The van der Waals surface area contributed by atoms with Crippen LogP contribution in [0.1, 0.15) is 56.2 Å². The maximum Gasteiger partial charge on any atom is 0.247 e. The van der Waals surface area contributed by atoms with E-state index in [1.165, 1.54) is 11.3 Å². The summed E-state index contributed by atoms with van der Waals surface area (Å²) in [4.78, 5) is 28.4. The number of carbonyl (C=O) groups is 2. The molecule has 1 aliphatic carbocycles. The molecule has 2 aromatic rings. The van der Waals surface area contributed by atoms with Gasteiger partial charge in [0.25, 0.3) is 0 Å². The molecule has 35 heavy (non-hydrogen) atoms. The first kappa shape index (κ1) is 26.7. The minimum Gasteiger partial charge on any atom is -0.497 e. The van der Waals surface area contributed by atoms with Crippen LogP contribution in [0.4, 0.5) is 0 Å². The number of halogens is 1. The van der Waals surface area contributed by atoms with Crippen molar-refractivity contribution in [2.45, 2.75) is 57.7 Å². The smallest absolute Gasteiger partial charge is 0.247 e.